The van der Waals surface area contributed by atoms with E-state index in [2.05, 4.69) is 29.1 Å². The minimum atomic E-state index is -0.384. The number of carbonyl (C=O) groups excluding carboxylic acids is 1. The Balaban J connectivity index is 2.04. The number of benzene rings is 2. The molecule has 0 fully saturated rings. The summed E-state index contributed by atoms with van der Waals surface area (Å²) in [6, 6.07) is 15.6. The smallest absolute Gasteiger partial charge is 0.337 e. The fourth-order valence-electron chi connectivity index (χ4n) is 2.22. The maximum atomic E-state index is 11.4. The molecule has 4 nitrogen and oxygen atoms in total. The molecule has 0 spiro atoms. The first-order chi connectivity index (χ1) is 10.1. The molecule has 2 aromatic carbocycles. The molecule has 4 heteroatoms. The first-order valence-electron chi connectivity index (χ1n) is 6.88. The number of hydrogen-bond acceptors (Lipinski definition) is 4. The molecule has 0 aliphatic heterocycles. The molecule has 0 aliphatic rings. The van der Waals surface area contributed by atoms with Crippen molar-refractivity contribution >= 4 is 17.3 Å². The molecule has 0 saturated carbocycles. The van der Waals surface area contributed by atoms with Gasteiger partial charge in [0, 0.05) is 6.04 Å². The lowest BCUT2D eigenvalue weighted by atomic mass is 10.1. The van der Waals surface area contributed by atoms with Gasteiger partial charge in [-0.3, -0.25) is 0 Å². The van der Waals surface area contributed by atoms with Crippen molar-refractivity contribution in [2.45, 2.75) is 19.4 Å². The van der Waals surface area contributed by atoms with Crippen molar-refractivity contribution in [1.82, 2.24) is 0 Å². The lowest BCUT2D eigenvalue weighted by Crippen LogP contribution is -2.19. The molecular formula is C17H20N2O2. The molecule has 0 radical (unpaired) electrons. The van der Waals surface area contributed by atoms with Crippen LogP contribution >= 0.6 is 0 Å². The Morgan fingerprint density at radius 3 is 2.57 bits per heavy atom. The van der Waals surface area contributed by atoms with Crippen LogP contribution in [0, 0.1) is 0 Å². The Bertz CT molecular complexity index is 611. The van der Waals surface area contributed by atoms with Gasteiger partial charge in [0.1, 0.15) is 0 Å². The molecule has 0 aromatic heterocycles. The van der Waals surface area contributed by atoms with Crippen LogP contribution in [0.3, 0.4) is 0 Å². The van der Waals surface area contributed by atoms with Crippen molar-refractivity contribution in [2.75, 3.05) is 18.2 Å². The van der Waals surface area contributed by atoms with E-state index >= 15 is 0 Å². The number of rotatable bonds is 5. The third kappa shape index (κ3) is 3.99. The largest absolute Gasteiger partial charge is 0.465 e. The summed E-state index contributed by atoms with van der Waals surface area (Å²) < 4.78 is 4.68. The molecule has 1 unspecified atom stereocenters. The van der Waals surface area contributed by atoms with Crippen molar-refractivity contribution in [1.29, 1.82) is 0 Å². The number of nitrogen functional groups attached to an aromatic ring is 1. The van der Waals surface area contributed by atoms with E-state index in [4.69, 9.17) is 5.73 Å². The molecule has 0 saturated heterocycles. The summed E-state index contributed by atoms with van der Waals surface area (Å²) in [5.41, 5.74) is 9.07. The highest BCUT2D eigenvalue weighted by Gasteiger charge is 2.10. The molecule has 110 valence electrons. The predicted octanol–water partition coefficient (Wildman–Crippen LogP) is 3.10. The van der Waals surface area contributed by atoms with E-state index in [1.54, 1.807) is 12.1 Å². The topological polar surface area (TPSA) is 64.3 Å². The number of nitrogens with two attached hydrogens (primary N) is 1. The molecule has 2 rings (SSSR count). The van der Waals surface area contributed by atoms with Gasteiger partial charge in [-0.2, -0.15) is 0 Å². The summed E-state index contributed by atoms with van der Waals surface area (Å²) in [4.78, 5) is 11.4. The highest BCUT2D eigenvalue weighted by atomic mass is 16.5. The summed E-state index contributed by atoms with van der Waals surface area (Å²) in [5, 5.41) is 3.37. The number of methoxy groups -OCH3 is 1. The van der Waals surface area contributed by atoms with Crippen LogP contribution in [0.1, 0.15) is 22.8 Å². The molecule has 2 aromatic rings. The van der Waals surface area contributed by atoms with Gasteiger partial charge >= 0.3 is 5.97 Å². The fourth-order valence-corrected chi connectivity index (χ4v) is 2.22. The Labute approximate surface area is 124 Å². The minimum absolute atomic E-state index is 0.235. The highest BCUT2D eigenvalue weighted by molar-refractivity contribution is 5.91. The number of carbonyl (C=O) groups is 1. The van der Waals surface area contributed by atoms with E-state index in [-0.39, 0.29) is 12.0 Å². The molecule has 3 N–H and O–H groups in total. The lowest BCUT2D eigenvalue weighted by molar-refractivity contribution is 0.0601. The van der Waals surface area contributed by atoms with E-state index in [1.165, 1.54) is 12.7 Å². The maximum Gasteiger partial charge on any atom is 0.337 e. The first-order valence-corrected chi connectivity index (χ1v) is 6.88. The average molecular weight is 284 g/mol. The zero-order valence-electron chi connectivity index (χ0n) is 12.3. The quantitative estimate of drug-likeness (QED) is 0.654. The van der Waals surface area contributed by atoms with Crippen molar-refractivity contribution in [3.05, 3.63) is 59.7 Å². The Morgan fingerprint density at radius 2 is 1.95 bits per heavy atom. The van der Waals surface area contributed by atoms with Gasteiger partial charge in [-0.1, -0.05) is 30.3 Å². The zero-order chi connectivity index (χ0) is 15.2. The Hall–Kier alpha value is -2.49. The van der Waals surface area contributed by atoms with Crippen molar-refractivity contribution in [2.24, 2.45) is 0 Å². The zero-order valence-corrected chi connectivity index (χ0v) is 12.3. The molecule has 1 atom stereocenters. The van der Waals surface area contributed by atoms with Crippen molar-refractivity contribution in [3.63, 3.8) is 0 Å². The second-order valence-corrected chi connectivity index (χ2v) is 5.03. The third-order valence-corrected chi connectivity index (χ3v) is 3.26. The summed E-state index contributed by atoms with van der Waals surface area (Å²) in [6.07, 6.45) is 0.902. The number of esters is 1. The molecule has 0 bridgehead atoms. The van der Waals surface area contributed by atoms with E-state index in [0.29, 0.717) is 11.3 Å². The monoisotopic (exact) mass is 284 g/mol. The van der Waals surface area contributed by atoms with E-state index in [0.717, 1.165) is 12.1 Å². The molecule has 0 aliphatic carbocycles. The number of nitrogens with one attached hydrogen (secondary N) is 1. The Kier molecular flexibility index (Phi) is 4.82. The van der Waals surface area contributed by atoms with E-state index < -0.39 is 0 Å². The van der Waals surface area contributed by atoms with Crippen LogP contribution in [0.4, 0.5) is 11.4 Å². The second-order valence-electron chi connectivity index (χ2n) is 5.03. The van der Waals surface area contributed by atoms with Gasteiger partial charge in [0.05, 0.1) is 24.0 Å². The van der Waals surface area contributed by atoms with Crippen LogP contribution in [0.5, 0.6) is 0 Å². The molecular weight excluding hydrogens is 264 g/mol. The van der Waals surface area contributed by atoms with Crippen LogP contribution in [0.25, 0.3) is 0 Å². The van der Waals surface area contributed by atoms with Crippen LogP contribution in [0.15, 0.2) is 48.5 Å². The number of hydrogen-bond donors (Lipinski definition) is 2. The van der Waals surface area contributed by atoms with Crippen LogP contribution in [-0.2, 0) is 11.2 Å². The van der Waals surface area contributed by atoms with Gasteiger partial charge in [0.25, 0.3) is 0 Å². The van der Waals surface area contributed by atoms with Crippen LogP contribution < -0.4 is 11.1 Å². The second kappa shape index (κ2) is 6.79. The first kappa shape index (κ1) is 14.9. The lowest BCUT2D eigenvalue weighted by Gasteiger charge is -2.17. The predicted molar refractivity (Wildman–Crippen MR) is 85.4 cm³/mol. The van der Waals surface area contributed by atoms with Crippen LogP contribution in [-0.4, -0.2) is 19.1 Å². The number of ether oxygens (including phenoxy) is 1. The third-order valence-electron chi connectivity index (χ3n) is 3.26. The summed E-state index contributed by atoms with van der Waals surface area (Å²) in [5.74, 6) is -0.384. The Morgan fingerprint density at radius 1 is 1.24 bits per heavy atom. The van der Waals surface area contributed by atoms with Gasteiger partial charge in [0.15, 0.2) is 0 Å². The van der Waals surface area contributed by atoms with Crippen molar-refractivity contribution < 1.29 is 9.53 Å². The summed E-state index contributed by atoms with van der Waals surface area (Å²) in [6.45, 7) is 2.10. The van der Waals surface area contributed by atoms with Gasteiger partial charge in [0.2, 0.25) is 0 Å². The number of anilines is 2. The van der Waals surface area contributed by atoms with Gasteiger partial charge in [-0.05, 0) is 37.1 Å². The summed E-state index contributed by atoms with van der Waals surface area (Å²) >= 11 is 0. The van der Waals surface area contributed by atoms with Crippen LogP contribution in [0.2, 0.25) is 0 Å². The van der Waals surface area contributed by atoms with E-state index in [1.807, 2.05) is 24.3 Å². The molecule has 0 amide bonds. The minimum Gasteiger partial charge on any atom is -0.465 e. The standard InChI is InChI=1S/C17H20N2O2/c1-12(10-13-6-4-3-5-7-13)19-16-9-8-14(11-15(16)18)17(20)21-2/h3-9,11-12,19H,10,18H2,1-2H3. The average Bonchev–Trinajstić information content (AvgIpc) is 2.49. The van der Waals surface area contributed by atoms with Gasteiger partial charge in [-0.25, -0.2) is 4.79 Å². The molecule has 21 heavy (non-hydrogen) atoms. The molecule has 0 heterocycles. The summed E-state index contributed by atoms with van der Waals surface area (Å²) in [7, 11) is 1.35. The van der Waals surface area contributed by atoms with Crippen molar-refractivity contribution in [3.8, 4) is 0 Å². The fraction of sp³-hybridized carbons (Fsp3) is 0.235. The van der Waals surface area contributed by atoms with Gasteiger partial charge in [-0.15, -0.1) is 0 Å². The maximum absolute atomic E-state index is 11.4. The normalized spacial score (nSPS) is 11.7. The van der Waals surface area contributed by atoms with E-state index in [9.17, 15) is 4.79 Å². The van der Waals surface area contributed by atoms with Gasteiger partial charge < -0.3 is 15.8 Å². The highest BCUT2D eigenvalue weighted by Crippen LogP contribution is 2.22. The SMILES string of the molecule is COC(=O)c1ccc(NC(C)Cc2ccccc2)c(N)c1.